The molecule has 0 aromatic heterocycles. The van der Waals surface area contributed by atoms with Crippen LogP contribution in [0.4, 0.5) is 16.2 Å². The molecule has 222 valence electrons. The summed E-state index contributed by atoms with van der Waals surface area (Å²) in [5.74, 6) is -0.666. The minimum atomic E-state index is -4.02. The van der Waals surface area contributed by atoms with Crippen molar-refractivity contribution in [2.45, 2.75) is 37.1 Å². The van der Waals surface area contributed by atoms with E-state index in [0.29, 0.717) is 47.5 Å². The summed E-state index contributed by atoms with van der Waals surface area (Å²) in [5, 5.41) is 8.21. The molecule has 5 rings (SSSR count). The van der Waals surface area contributed by atoms with Crippen molar-refractivity contribution in [3.8, 4) is 5.75 Å². The maximum atomic E-state index is 13.5. The van der Waals surface area contributed by atoms with Crippen LogP contribution < -0.4 is 15.1 Å². The van der Waals surface area contributed by atoms with E-state index in [9.17, 15) is 22.8 Å². The summed E-state index contributed by atoms with van der Waals surface area (Å²) < 4.78 is 38.3. The Labute approximate surface area is 249 Å². The summed E-state index contributed by atoms with van der Waals surface area (Å²) in [6.45, 7) is 1.94. The predicted molar refractivity (Wildman–Crippen MR) is 161 cm³/mol. The third-order valence-corrected chi connectivity index (χ3v) is 9.01. The molecule has 1 unspecified atom stereocenters. The second-order valence-electron chi connectivity index (χ2n) is 9.95. The van der Waals surface area contributed by atoms with Gasteiger partial charge in [0.05, 0.1) is 29.0 Å². The number of para-hydroxylation sites is 1. The first kappa shape index (κ1) is 29.7. The van der Waals surface area contributed by atoms with Crippen LogP contribution in [0.15, 0.2) is 94.4 Å². The topological polar surface area (TPSA) is 135 Å². The van der Waals surface area contributed by atoms with Gasteiger partial charge in [-0.1, -0.05) is 30.3 Å². The van der Waals surface area contributed by atoms with E-state index in [1.165, 1.54) is 40.7 Å². The Balaban J connectivity index is 1.27. The number of amides is 2. The fourth-order valence-electron chi connectivity index (χ4n) is 4.85. The zero-order chi connectivity index (χ0) is 30.6. The Hall–Kier alpha value is -4.81. The highest BCUT2D eigenvalue weighted by Gasteiger charge is 2.39. The van der Waals surface area contributed by atoms with E-state index in [2.05, 4.69) is 15.2 Å². The molecule has 1 fully saturated rings. The van der Waals surface area contributed by atoms with Crippen LogP contribution in [0.25, 0.3) is 6.08 Å². The summed E-state index contributed by atoms with van der Waals surface area (Å²) in [6, 6.07) is 20.4. The van der Waals surface area contributed by atoms with Gasteiger partial charge in [0.15, 0.2) is 0 Å². The molecule has 2 aliphatic heterocycles. The predicted octanol–water partition coefficient (Wildman–Crippen LogP) is 4.82. The van der Waals surface area contributed by atoms with Gasteiger partial charge in [-0.3, -0.25) is 10.1 Å². The fraction of sp³-hybridized carbons (Fsp3) is 0.226. The number of hydrogen-bond donors (Lipinski definition) is 1. The minimum Gasteiger partial charge on any atom is -0.453 e. The van der Waals surface area contributed by atoms with Crippen molar-refractivity contribution in [2.24, 2.45) is 5.10 Å². The highest BCUT2D eigenvalue weighted by atomic mass is 32.2. The Morgan fingerprint density at radius 1 is 0.977 bits per heavy atom. The lowest BCUT2D eigenvalue weighted by Crippen LogP contribution is -2.49. The molecule has 1 atom stereocenters. The number of hydrogen-bond acceptors (Lipinski definition) is 8. The van der Waals surface area contributed by atoms with Crippen molar-refractivity contribution in [1.82, 2.24) is 4.31 Å². The van der Waals surface area contributed by atoms with E-state index in [1.807, 2.05) is 18.2 Å². The van der Waals surface area contributed by atoms with Gasteiger partial charge in [0.2, 0.25) is 10.0 Å². The second-order valence-corrected chi connectivity index (χ2v) is 11.8. The average Bonchev–Trinajstić information content (AvgIpc) is 3.31. The molecular weight excluding hydrogens is 572 g/mol. The number of ether oxygens (including phenoxy) is 2. The Bertz CT molecular complexity index is 1690. The van der Waals surface area contributed by atoms with Gasteiger partial charge in [-0.25, -0.2) is 18.0 Å². The van der Waals surface area contributed by atoms with Crippen molar-refractivity contribution in [3.05, 3.63) is 90.0 Å². The Morgan fingerprint density at radius 3 is 2.35 bits per heavy atom. The molecule has 0 spiro atoms. The average molecular weight is 603 g/mol. The molecule has 0 saturated carbocycles. The normalized spacial score (nSPS) is 18.3. The summed E-state index contributed by atoms with van der Waals surface area (Å²) in [5.41, 5.74) is 2.78. The number of sulfonamides is 1. The van der Waals surface area contributed by atoms with E-state index >= 15 is 0 Å². The van der Waals surface area contributed by atoms with Crippen molar-refractivity contribution < 1.29 is 32.3 Å². The number of carbonyl (C=O) groups is 3. The zero-order valence-electron chi connectivity index (χ0n) is 23.6. The van der Waals surface area contributed by atoms with Crippen LogP contribution in [0.5, 0.6) is 5.75 Å². The van der Waals surface area contributed by atoms with Crippen LogP contribution in [0.1, 0.15) is 31.7 Å². The number of nitrogens with one attached hydrogen (secondary N) is 1. The van der Waals surface area contributed by atoms with Gasteiger partial charge >= 0.3 is 12.1 Å². The number of nitrogens with zero attached hydrogens (tertiary/aromatic N) is 3. The van der Waals surface area contributed by atoms with Gasteiger partial charge in [0.1, 0.15) is 11.8 Å². The number of anilines is 2. The van der Waals surface area contributed by atoms with Crippen LogP contribution in [0.3, 0.4) is 0 Å². The number of piperidine rings is 1. The maximum absolute atomic E-state index is 13.5. The van der Waals surface area contributed by atoms with Gasteiger partial charge in [0.25, 0.3) is 5.91 Å². The molecule has 1 N–H and O–H groups in total. The highest BCUT2D eigenvalue weighted by Crippen LogP contribution is 2.29. The fourth-order valence-corrected chi connectivity index (χ4v) is 6.50. The number of carbonyl (C=O) groups excluding carboxylic acids is 3. The standard InChI is InChI=1S/C31H30N4O7S/c1-21-27(29(36)35(33-21)24-8-4-3-5-9-24)20-22-11-15-25(16-12-22)42-30(37)28-10-6-7-19-34(28)43(39,40)26-17-13-23(14-18-26)32-31(38)41-2/h3-5,8-9,11-18,20,28H,6-7,10,19H2,1-2H3,(H,32,38). The minimum absolute atomic E-state index is 0.00821. The maximum Gasteiger partial charge on any atom is 0.411 e. The highest BCUT2D eigenvalue weighted by molar-refractivity contribution is 7.89. The van der Waals surface area contributed by atoms with Crippen LogP contribution in [-0.4, -0.2) is 56.1 Å². The summed E-state index contributed by atoms with van der Waals surface area (Å²) >= 11 is 0. The first-order valence-electron chi connectivity index (χ1n) is 13.6. The Morgan fingerprint density at radius 2 is 1.67 bits per heavy atom. The molecule has 2 heterocycles. The van der Waals surface area contributed by atoms with E-state index in [4.69, 9.17) is 4.74 Å². The molecule has 1 saturated heterocycles. The molecule has 3 aromatic rings. The third-order valence-electron chi connectivity index (χ3n) is 7.09. The van der Waals surface area contributed by atoms with Crippen molar-refractivity contribution in [3.63, 3.8) is 0 Å². The van der Waals surface area contributed by atoms with Crippen LogP contribution in [-0.2, 0) is 24.3 Å². The lowest BCUT2D eigenvalue weighted by molar-refractivity contribution is -0.139. The van der Waals surface area contributed by atoms with E-state index < -0.39 is 28.1 Å². The SMILES string of the molecule is COC(=O)Nc1ccc(S(=O)(=O)N2CCCCC2C(=O)Oc2ccc(C=C3C(=O)N(c4ccccc4)N=C3C)cc2)cc1. The quantitative estimate of drug-likeness (QED) is 0.233. The van der Waals surface area contributed by atoms with Crippen molar-refractivity contribution in [1.29, 1.82) is 0 Å². The van der Waals surface area contributed by atoms with Crippen LogP contribution >= 0.6 is 0 Å². The number of hydrazone groups is 1. The first-order valence-corrected chi connectivity index (χ1v) is 15.1. The lowest BCUT2D eigenvalue weighted by atomic mass is 10.1. The van der Waals surface area contributed by atoms with Gasteiger partial charge in [0, 0.05) is 12.2 Å². The number of benzene rings is 3. The summed E-state index contributed by atoms with van der Waals surface area (Å²) in [6.07, 6.45) is 2.65. The number of rotatable bonds is 7. The zero-order valence-corrected chi connectivity index (χ0v) is 24.4. The van der Waals surface area contributed by atoms with E-state index in [0.717, 1.165) is 0 Å². The van der Waals surface area contributed by atoms with Crippen molar-refractivity contribution in [2.75, 3.05) is 24.0 Å². The van der Waals surface area contributed by atoms with Crippen molar-refractivity contribution >= 4 is 51.2 Å². The van der Waals surface area contributed by atoms with Crippen LogP contribution in [0.2, 0.25) is 0 Å². The molecule has 43 heavy (non-hydrogen) atoms. The summed E-state index contributed by atoms with van der Waals surface area (Å²) in [4.78, 5) is 37.6. The summed E-state index contributed by atoms with van der Waals surface area (Å²) in [7, 11) is -2.79. The molecular formula is C31H30N4O7S. The smallest absolute Gasteiger partial charge is 0.411 e. The van der Waals surface area contributed by atoms with Gasteiger partial charge in [-0.2, -0.15) is 14.4 Å². The van der Waals surface area contributed by atoms with Crippen LogP contribution in [0, 0.1) is 0 Å². The molecule has 3 aromatic carbocycles. The molecule has 11 nitrogen and oxygen atoms in total. The van der Waals surface area contributed by atoms with E-state index in [-0.39, 0.29) is 23.1 Å². The number of methoxy groups -OCH3 is 1. The lowest BCUT2D eigenvalue weighted by Gasteiger charge is -2.33. The van der Waals surface area contributed by atoms with Gasteiger partial charge < -0.3 is 9.47 Å². The molecule has 2 aliphatic rings. The van der Waals surface area contributed by atoms with Gasteiger partial charge in [-0.05, 0) is 86.4 Å². The molecule has 0 radical (unpaired) electrons. The monoisotopic (exact) mass is 602 g/mol. The largest absolute Gasteiger partial charge is 0.453 e. The molecule has 0 aliphatic carbocycles. The van der Waals surface area contributed by atoms with Gasteiger partial charge in [-0.15, -0.1) is 0 Å². The second kappa shape index (κ2) is 12.6. The molecule has 0 bridgehead atoms. The van der Waals surface area contributed by atoms with E-state index in [1.54, 1.807) is 49.4 Å². The number of esters is 1. The Kier molecular flexibility index (Phi) is 8.69. The third kappa shape index (κ3) is 6.50. The first-order chi connectivity index (χ1) is 20.7. The molecule has 12 heteroatoms. The molecule has 2 amide bonds.